The lowest BCUT2D eigenvalue weighted by molar-refractivity contribution is -0.165. The molecule has 1 heterocycles. The number of hydrogen-bond donors (Lipinski definition) is 2. The molecule has 22 heavy (non-hydrogen) atoms. The molecule has 1 amide bonds. The van der Waals surface area contributed by atoms with Gasteiger partial charge in [-0.25, -0.2) is 5.06 Å². The number of nitrogens with zero attached hydrogens (tertiary/aromatic N) is 1. The Morgan fingerprint density at radius 1 is 1.50 bits per heavy atom. The molecule has 1 aliphatic heterocycles. The van der Waals surface area contributed by atoms with Crippen LogP contribution in [0.5, 0.6) is 0 Å². The fourth-order valence-corrected chi connectivity index (χ4v) is 2.24. The molecule has 120 valence electrons. The zero-order valence-electron chi connectivity index (χ0n) is 12.9. The maximum atomic E-state index is 12.1. The van der Waals surface area contributed by atoms with Crippen molar-refractivity contribution in [1.82, 2.24) is 10.5 Å². The van der Waals surface area contributed by atoms with Gasteiger partial charge in [-0.05, 0) is 38.0 Å². The number of carbonyl (C=O) groups is 1. The minimum absolute atomic E-state index is 0.0271. The average molecular weight is 342 g/mol. The van der Waals surface area contributed by atoms with E-state index in [0.29, 0.717) is 18.2 Å². The zero-order valence-corrected chi connectivity index (χ0v) is 14.5. The lowest BCUT2D eigenvalue weighted by Crippen LogP contribution is -2.30. The van der Waals surface area contributed by atoms with Crippen molar-refractivity contribution in [2.45, 2.75) is 33.7 Å². The molecule has 1 aromatic carbocycles. The second kappa shape index (κ2) is 6.81. The van der Waals surface area contributed by atoms with Gasteiger partial charge in [-0.15, -0.1) is 0 Å². The average Bonchev–Trinajstić information content (AvgIpc) is 2.74. The molecule has 1 aliphatic rings. The van der Waals surface area contributed by atoms with Crippen molar-refractivity contribution in [1.29, 1.82) is 0 Å². The number of halogens is 1. The molecule has 0 bridgehead atoms. The summed E-state index contributed by atoms with van der Waals surface area (Å²) < 4.78 is 0. The van der Waals surface area contributed by atoms with Gasteiger partial charge in [-0.1, -0.05) is 36.8 Å². The number of carbonyl (C=O) groups excluding carboxylic acids is 1. The van der Waals surface area contributed by atoms with Crippen LogP contribution in [0.1, 0.15) is 32.8 Å². The van der Waals surface area contributed by atoms with Crippen molar-refractivity contribution in [3.8, 4) is 0 Å². The number of rotatable bonds is 5. The Bertz CT molecular complexity index is 592. The minimum atomic E-state index is -0.478. The molecule has 0 aromatic heterocycles. The van der Waals surface area contributed by atoms with Crippen LogP contribution in [0.15, 0.2) is 18.2 Å². The van der Waals surface area contributed by atoms with Gasteiger partial charge in [-0.3, -0.25) is 15.1 Å². The van der Waals surface area contributed by atoms with E-state index in [-0.39, 0.29) is 5.91 Å². The third-order valence-corrected chi connectivity index (χ3v) is 4.16. The summed E-state index contributed by atoms with van der Waals surface area (Å²) in [5.74, 6) is -0.0271. The van der Waals surface area contributed by atoms with E-state index in [1.165, 1.54) is 5.06 Å². The molecule has 0 spiro atoms. The van der Waals surface area contributed by atoms with Crippen molar-refractivity contribution < 1.29 is 9.63 Å². The molecule has 0 atom stereocenters. The normalized spacial score (nSPS) is 16.7. The van der Waals surface area contributed by atoms with E-state index < -0.39 is 5.41 Å². The first kappa shape index (κ1) is 17.0. The van der Waals surface area contributed by atoms with E-state index in [4.69, 9.17) is 28.7 Å². The van der Waals surface area contributed by atoms with Crippen LogP contribution < -0.4 is 10.9 Å². The van der Waals surface area contributed by atoms with E-state index in [2.05, 4.69) is 10.9 Å². The summed E-state index contributed by atoms with van der Waals surface area (Å²) in [5, 5.41) is 1.94. The highest BCUT2D eigenvalue weighted by atomic mass is 35.5. The maximum absolute atomic E-state index is 12.1. The van der Waals surface area contributed by atoms with Gasteiger partial charge in [0.1, 0.15) is 0 Å². The summed E-state index contributed by atoms with van der Waals surface area (Å²) >= 11 is 11.4. The lowest BCUT2D eigenvalue weighted by Gasteiger charge is -2.18. The number of thiocarbonyl (C=S) groups is 1. The molecule has 5 nitrogen and oxygen atoms in total. The first-order valence-electron chi connectivity index (χ1n) is 7.11. The summed E-state index contributed by atoms with van der Waals surface area (Å²) in [5.41, 5.74) is 7.07. The molecule has 0 unspecified atom stereocenters. The molecule has 0 aliphatic carbocycles. The Balaban J connectivity index is 2.01. The van der Waals surface area contributed by atoms with Crippen molar-refractivity contribution in [3.63, 3.8) is 0 Å². The van der Waals surface area contributed by atoms with Crippen LogP contribution in [0.3, 0.4) is 0 Å². The first-order chi connectivity index (χ1) is 10.3. The van der Waals surface area contributed by atoms with Gasteiger partial charge >= 0.3 is 0 Å². The molecule has 2 N–H and O–H groups in total. The molecule has 7 heteroatoms. The van der Waals surface area contributed by atoms with Crippen molar-refractivity contribution in [2.24, 2.45) is 5.41 Å². The topological polar surface area (TPSA) is 53.6 Å². The fourth-order valence-electron chi connectivity index (χ4n) is 1.95. The highest BCUT2D eigenvalue weighted by Crippen LogP contribution is 2.30. The second-order valence-corrected chi connectivity index (χ2v) is 6.73. The van der Waals surface area contributed by atoms with E-state index in [0.717, 1.165) is 22.7 Å². The number of nitrogens with one attached hydrogen (secondary N) is 2. The van der Waals surface area contributed by atoms with Crippen LogP contribution >= 0.6 is 23.8 Å². The van der Waals surface area contributed by atoms with E-state index in [1.54, 1.807) is 6.07 Å². The fraction of sp³-hybridized carbons (Fsp3) is 0.467. The number of amides is 1. The molecule has 1 saturated heterocycles. The minimum Gasteiger partial charge on any atom is -0.300 e. The third-order valence-electron chi connectivity index (χ3n) is 3.42. The Morgan fingerprint density at radius 2 is 2.23 bits per heavy atom. The summed E-state index contributed by atoms with van der Waals surface area (Å²) in [6, 6.07) is 5.52. The summed E-state index contributed by atoms with van der Waals surface area (Å²) in [4.78, 5) is 18.3. The second-order valence-electron chi connectivity index (χ2n) is 5.83. The van der Waals surface area contributed by atoms with Gasteiger partial charge in [0, 0.05) is 5.02 Å². The highest BCUT2D eigenvalue weighted by molar-refractivity contribution is 7.80. The van der Waals surface area contributed by atoms with Crippen LogP contribution in [0, 0.1) is 5.41 Å². The highest BCUT2D eigenvalue weighted by Gasteiger charge is 2.40. The van der Waals surface area contributed by atoms with Crippen LogP contribution in [-0.4, -0.2) is 22.6 Å². The molecular weight excluding hydrogens is 322 g/mol. The Kier molecular flexibility index (Phi) is 5.26. The SMILES string of the molecule is CCC(=S)NNc1ccc(CN2OCC(C)(C)C2=O)c(Cl)c1. The summed E-state index contributed by atoms with van der Waals surface area (Å²) in [7, 11) is 0. The Morgan fingerprint density at radius 3 is 2.77 bits per heavy atom. The van der Waals surface area contributed by atoms with Gasteiger partial charge in [-0.2, -0.15) is 0 Å². The third kappa shape index (κ3) is 3.88. The van der Waals surface area contributed by atoms with Gasteiger partial charge in [0.05, 0.1) is 29.2 Å². The molecule has 0 saturated carbocycles. The van der Waals surface area contributed by atoms with Crippen molar-refractivity contribution in [2.75, 3.05) is 12.0 Å². The number of anilines is 1. The predicted octanol–water partition coefficient (Wildman–Crippen LogP) is 3.29. The van der Waals surface area contributed by atoms with E-state index in [9.17, 15) is 4.79 Å². The lowest BCUT2D eigenvalue weighted by atomic mass is 9.95. The van der Waals surface area contributed by atoms with Gasteiger partial charge in [0.15, 0.2) is 0 Å². The summed E-state index contributed by atoms with van der Waals surface area (Å²) in [6.45, 7) is 6.43. The molecule has 1 aromatic rings. The smallest absolute Gasteiger partial charge is 0.254 e. The largest absolute Gasteiger partial charge is 0.300 e. The van der Waals surface area contributed by atoms with E-state index in [1.807, 2.05) is 32.9 Å². The van der Waals surface area contributed by atoms with Gasteiger partial charge < -0.3 is 5.43 Å². The summed E-state index contributed by atoms with van der Waals surface area (Å²) in [6.07, 6.45) is 0.762. The van der Waals surface area contributed by atoms with Crippen LogP contribution in [0.25, 0.3) is 0 Å². The molecule has 1 fully saturated rings. The monoisotopic (exact) mass is 341 g/mol. The van der Waals surface area contributed by atoms with Crippen molar-refractivity contribution in [3.05, 3.63) is 28.8 Å². The Hall–Kier alpha value is -1.37. The molecular formula is C15H20ClN3O2S. The van der Waals surface area contributed by atoms with Crippen LogP contribution in [0.2, 0.25) is 5.02 Å². The first-order valence-corrected chi connectivity index (χ1v) is 7.90. The maximum Gasteiger partial charge on any atom is 0.254 e. The molecule has 2 rings (SSSR count). The number of hydrogen-bond acceptors (Lipinski definition) is 4. The quantitative estimate of drug-likeness (QED) is 0.635. The number of benzene rings is 1. The zero-order chi connectivity index (χ0) is 16.3. The number of hydroxylamine groups is 2. The predicted molar refractivity (Wildman–Crippen MR) is 91.4 cm³/mol. The van der Waals surface area contributed by atoms with Gasteiger partial charge in [0.2, 0.25) is 0 Å². The van der Waals surface area contributed by atoms with Crippen LogP contribution in [0.4, 0.5) is 5.69 Å². The Labute approximate surface area is 140 Å². The molecule has 0 radical (unpaired) electrons. The van der Waals surface area contributed by atoms with Gasteiger partial charge in [0.25, 0.3) is 5.91 Å². The van der Waals surface area contributed by atoms with E-state index >= 15 is 0 Å². The number of hydrazine groups is 1. The standard InChI is InChI=1S/C15H20ClN3O2S/c1-4-13(22)18-17-11-6-5-10(12(16)7-11)8-19-14(20)15(2,3)9-21-19/h5-7,17H,4,8-9H2,1-3H3,(H,18,22). The van der Waals surface area contributed by atoms with Crippen LogP contribution in [-0.2, 0) is 16.2 Å². The van der Waals surface area contributed by atoms with Crippen molar-refractivity contribution >= 4 is 40.4 Å².